The number of rotatable bonds is 2. The average molecular weight is 241 g/mol. The fraction of sp³-hybridized carbons (Fsp3) is 0. The molecule has 0 saturated carbocycles. The van der Waals surface area contributed by atoms with Crippen molar-refractivity contribution in [3.63, 3.8) is 0 Å². The van der Waals surface area contributed by atoms with Crippen molar-refractivity contribution in [1.29, 1.82) is 0 Å². The zero-order valence-electron chi connectivity index (χ0n) is 8.69. The maximum absolute atomic E-state index is 4.29. The third-order valence-corrected chi connectivity index (χ3v) is 2.80. The molecular weight excluding hydrogens is 234 g/mol. The van der Waals surface area contributed by atoms with Crippen LogP contribution in [0.3, 0.4) is 0 Å². The highest BCUT2D eigenvalue weighted by atomic mass is 32.1. The van der Waals surface area contributed by atoms with Crippen LogP contribution in [-0.2, 0) is 0 Å². The van der Waals surface area contributed by atoms with Crippen LogP contribution in [0.2, 0.25) is 0 Å². The second kappa shape index (κ2) is 4.34. The van der Waals surface area contributed by atoms with E-state index in [9.17, 15) is 0 Å². The summed E-state index contributed by atoms with van der Waals surface area (Å²) in [5, 5.41) is 9.83. The molecule has 0 radical (unpaired) electrons. The van der Waals surface area contributed by atoms with Crippen molar-refractivity contribution in [1.82, 2.24) is 24.5 Å². The molecule has 3 aromatic heterocycles. The van der Waals surface area contributed by atoms with Crippen molar-refractivity contribution in [2.75, 3.05) is 0 Å². The summed E-state index contributed by atoms with van der Waals surface area (Å²) >= 11 is 1.40. The summed E-state index contributed by atoms with van der Waals surface area (Å²) in [4.78, 5) is 8.29. The van der Waals surface area contributed by atoms with E-state index in [1.165, 1.54) is 17.9 Å². The topological polar surface area (TPSA) is 64.5 Å². The minimum Gasteiger partial charge on any atom is -0.244 e. The quantitative estimate of drug-likeness (QED) is 0.687. The Morgan fingerprint density at radius 3 is 2.88 bits per heavy atom. The van der Waals surface area contributed by atoms with Crippen LogP contribution in [0.15, 0.2) is 42.3 Å². The van der Waals surface area contributed by atoms with Gasteiger partial charge < -0.3 is 0 Å². The van der Waals surface area contributed by atoms with Crippen molar-refractivity contribution in [2.24, 2.45) is 0 Å². The van der Waals surface area contributed by atoms with Crippen LogP contribution in [0.5, 0.6) is 0 Å². The van der Waals surface area contributed by atoms with Gasteiger partial charge in [-0.15, -0.1) is 5.10 Å². The maximum Gasteiger partial charge on any atom is 0.116 e. The molecule has 0 aliphatic rings. The molecule has 5 nitrogen and oxygen atoms in total. The molecule has 0 amide bonds. The Balaban J connectivity index is 2.18. The maximum atomic E-state index is 4.29. The molecule has 0 saturated heterocycles. The van der Waals surface area contributed by atoms with Gasteiger partial charge in [0.1, 0.15) is 17.7 Å². The highest BCUT2D eigenvalue weighted by molar-refractivity contribution is 7.03. The normalized spacial score (nSPS) is 10.4. The Bertz CT molecular complexity index is 609. The first-order chi connectivity index (χ1) is 8.45. The van der Waals surface area contributed by atoms with Crippen molar-refractivity contribution in [2.45, 2.75) is 0 Å². The molecular formula is C11H7N5S. The lowest BCUT2D eigenvalue weighted by Crippen LogP contribution is -1.93. The minimum atomic E-state index is 0.720. The van der Waals surface area contributed by atoms with E-state index in [-0.39, 0.29) is 0 Å². The van der Waals surface area contributed by atoms with Crippen LogP contribution < -0.4 is 0 Å². The van der Waals surface area contributed by atoms with E-state index >= 15 is 0 Å². The third-order valence-electron chi connectivity index (χ3n) is 2.24. The molecule has 0 N–H and O–H groups in total. The lowest BCUT2D eigenvalue weighted by Gasteiger charge is -2.03. The smallest absolute Gasteiger partial charge is 0.116 e. The Morgan fingerprint density at radius 2 is 2.12 bits per heavy atom. The Hall–Kier alpha value is -2.21. The fourth-order valence-electron chi connectivity index (χ4n) is 1.50. The first-order valence-electron chi connectivity index (χ1n) is 4.94. The number of aromatic nitrogens is 5. The van der Waals surface area contributed by atoms with Gasteiger partial charge in [0.15, 0.2) is 0 Å². The van der Waals surface area contributed by atoms with Gasteiger partial charge in [-0.05, 0) is 29.7 Å². The fourth-order valence-corrected chi connectivity index (χ4v) is 2.02. The molecule has 0 fully saturated rings. The molecule has 17 heavy (non-hydrogen) atoms. The monoisotopic (exact) mass is 241 g/mol. The van der Waals surface area contributed by atoms with E-state index < -0.39 is 0 Å². The van der Waals surface area contributed by atoms with Gasteiger partial charge in [0.2, 0.25) is 0 Å². The second-order valence-electron chi connectivity index (χ2n) is 3.28. The Labute approximate surface area is 101 Å². The third kappa shape index (κ3) is 1.90. The molecule has 3 rings (SSSR count). The van der Waals surface area contributed by atoms with Crippen molar-refractivity contribution in [3.8, 4) is 22.6 Å². The van der Waals surface area contributed by atoms with Crippen LogP contribution in [-0.4, -0.2) is 24.5 Å². The zero-order valence-corrected chi connectivity index (χ0v) is 9.50. The molecule has 3 heterocycles. The van der Waals surface area contributed by atoms with E-state index in [0.717, 1.165) is 22.6 Å². The Morgan fingerprint density at radius 1 is 1.12 bits per heavy atom. The molecule has 0 aliphatic carbocycles. The van der Waals surface area contributed by atoms with Crippen LogP contribution in [0, 0.1) is 0 Å². The predicted octanol–water partition coefficient (Wildman–Crippen LogP) is 2.06. The largest absolute Gasteiger partial charge is 0.244 e. The highest BCUT2D eigenvalue weighted by Gasteiger charge is 2.11. The molecule has 0 aliphatic heterocycles. The lowest BCUT2D eigenvalue weighted by atomic mass is 10.1. The minimum absolute atomic E-state index is 0.720. The SMILES string of the molecule is c1cnnc(-c2ncncc2-c2ccsn2)c1. The molecule has 82 valence electrons. The molecule has 0 bridgehead atoms. The van der Waals surface area contributed by atoms with Gasteiger partial charge in [0, 0.05) is 23.3 Å². The van der Waals surface area contributed by atoms with E-state index in [0.29, 0.717) is 0 Å². The van der Waals surface area contributed by atoms with Crippen LogP contribution >= 0.6 is 11.5 Å². The second-order valence-corrected chi connectivity index (χ2v) is 3.94. The summed E-state index contributed by atoms with van der Waals surface area (Å²) < 4.78 is 4.29. The predicted molar refractivity (Wildman–Crippen MR) is 64.2 cm³/mol. The summed E-state index contributed by atoms with van der Waals surface area (Å²) in [6.07, 6.45) is 4.87. The average Bonchev–Trinajstić information content (AvgIpc) is 2.94. The van der Waals surface area contributed by atoms with Gasteiger partial charge in [-0.25, -0.2) is 9.97 Å². The van der Waals surface area contributed by atoms with Crippen molar-refractivity contribution in [3.05, 3.63) is 42.3 Å². The van der Waals surface area contributed by atoms with Gasteiger partial charge in [-0.1, -0.05) is 0 Å². The van der Waals surface area contributed by atoms with E-state index in [4.69, 9.17) is 0 Å². The standard InChI is InChI=1S/C11H7N5S/c1-2-10(15-14-4-1)11-8(6-12-7-13-11)9-3-5-17-16-9/h1-7H. The van der Waals surface area contributed by atoms with Crippen molar-refractivity contribution >= 4 is 11.5 Å². The van der Waals surface area contributed by atoms with E-state index in [2.05, 4.69) is 24.5 Å². The van der Waals surface area contributed by atoms with Crippen LogP contribution in [0.25, 0.3) is 22.6 Å². The molecule has 0 aromatic carbocycles. The highest BCUT2D eigenvalue weighted by Crippen LogP contribution is 2.26. The zero-order chi connectivity index (χ0) is 11.5. The lowest BCUT2D eigenvalue weighted by molar-refractivity contribution is 1.02. The van der Waals surface area contributed by atoms with Gasteiger partial charge >= 0.3 is 0 Å². The van der Waals surface area contributed by atoms with Gasteiger partial charge in [0.05, 0.1) is 5.69 Å². The summed E-state index contributed by atoms with van der Waals surface area (Å²) in [5.41, 5.74) is 3.20. The first kappa shape index (κ1) is 9.98. The molecule has 0 atom stereocenters. The molecule has 3 aromatic rings. The first-order valence-corrected chi connectivity index (χ1v) is 5.77. The molecule has 6 heteroatoms. The van der Waals surface area contributed by atoms with Crippen LogP contribution in [0.1, 0.15) is 0 Å². The van der Waals surface area contributed by atoms with Gasteiger partial charge in [0.25, 0.3) is 0 Å². The summed E-state index contributed by atoms with van der Waals surface area (Å²) in [7, 11) is 0. The molecule has 0 unspecified atom stereocenters. The Kier molecular flexibility index (Phi) is 2.55. The number of hydrogen-bond donors (Lipinski definition) is 0. The van der Waals surface area contributed by atoms with Gasteiger partial charge in [-0.3, -0.25) is 0 Å². The number of hydrogen-bond acceptors (Lipinski definition) is 6. The van der Waals surface area contributed by atoms with E-state index in [1.807, 2.05) is 23.6 Å². The van der Waals surface area contributed by atoms with Crippen LogP contribution in [0.4, 0.5) is 0 Å². The van der Waals surface area contributed by atoms with E-state index in [1.54, 1.807) is 12.4 Å². The summed E-state index contributed by atoms with van der Waals surface area (Å²) in [6, 6.07) is 5.63. The summed E-state index contributed by atoms with van der Waals surface area (Å²) in [5.74, 6) is 0. The number of nitrogens with zero attached hydrogens (tertiary/aromatic N) is 5. The summed E-state index contributed by atoms with van der Waals surface area (Å²) in [6.45, 7) is 0. The molecule has 0 spiro atoms. The van der Waals surface area contributed by atoms with Crippen molar-refractivity contribution < 1.29 is 0 Å². The van der Waals surface area contributed by atoms with Gasteiger partial charge in [-0.2, -0.15) is 9.47 Å².